The number of rotatable bonds is 2. The quantitative estimate of drug-likeness (QED) is 0.688. The van der Waals surface area contributed by atoms with E-state index in [0.717, 1.165) is 18.9 Å². The molecular weight excluding hydrogens is 374 g/mol. The van der Waals surface area contributed by atoms with Gasteiger partial charge in [0.05, 0.1) is 11.3 Å². The molecule has 27 heavy (non-hydrogen) atoms. The molecule has 152 valence electrons. The van der Waals surface area contributed by atoms with Crippen LogP contribution >= 0.6 is 0 Å². The van der Waals surface area contributed by atoms with Gasteiger partial charge in [0.25, 0.3) is 0 Å². The van der Waals surface area contributed by atoms with Gasteiger partial charge in [0.15, 0.2) is 0 Å². The first-order valence-electron chi connectivity index (χ1n) is 8.93. The second kappa shape index (κ2) is 6.84. The number of alkyl halides is 6. The summed E-state index contributed by atoms with van der Waals surface area (Å²) >= 11 is 0. The Balaban J connectivity index is 2.09. The van der Waals surface area contributed by atoms with E-state index in [1.54, 1.807) is 4.90 Å². The Labute approximate surface area is 153 Å². The zero-order valence-corrected chi connectivity index (χ0v) is 15.0. The van der Waals surface area contributed by atoms with E-state index in [0.29, 0.717) is 0 Å². The number of hydrogen-bond donors (Lipinski definition) is 2. The van der Waals surface area contributed by atoms with E-state index in [2.05, 4.69) is 0 Å². The Hall–Kier alpha value is -1.48. The zero-order chi connectivity index (χ0) is 20.1. The zero-order valence-electron chi connectivity index (χ0n) is 15.0. The van der Waals surface area contributed by atoms with Gasteiger partial charge in [-0.2, -0.15) is 26.3 Å². The lowest BCUT2D eigenvalue weighted by atomic mass is 9.85. The van der Waals surface area contributed by atoms with E-state index in [1.807, 2.05) is 19.2 Å². The number of nitrogens with zero attached hydrogens (tertiary/aromatic N) is 1. The van der Waals surface area contributed by atoms with E-state index in [1.165, 1.54) is 6.08 Å². The Morgan fingerprint density at radius 2 is 1.70 bits per heavy atom. The monoisotopic (exact) mass is 396 g/mol. The van der Waals surface area contributed by atoms with Crippen LogP contribution in [0.2, 0.25) is 0 Å². The van der Waals surface area contributed by atoms with Gasteiger partial charge >= 0.3 is 12.4 Å². The topological polar surface area (TPSA) is 35.5 Å². The molecule has 0 radical (unpaired) electrons. The molecule has 2 aliphatic heterocycles. The number of hydrogen-bond acceptors (Lipinski definition) is 3. The maximum absolute atomic E-state index is 13.4. The predicted octanol–water partition coefficient (Wildman–Crippen LogP) is 4.17. The van der Waals surface area contributed by atoms with Crippen LogP contribution in [0.4, 0.5) is 26.3 Å². The Kier molecular flexibility index (Phi) is 5.14. The smallest absolute Gasteiger partial charge is 0.374 e. The Morgan fingerprint density at radius 3 is 2.22 bits per heavy atom. The van der Waals surface area contributed by atoms with Crippen molar-refractivity contribution in [3.05, 3.63) is 34.6 Å². The largest absolute Gasteiger partial charge is 0.414 e. The summed E-state index contributed by atoms with van der Waals surface area (Å²) in [4.78, 5) is 1.67. The molecule has 3 rings (SSSR count). The predicted molar refractivity (Wildman–Crippen MR) is 87.5 cm³/mol. The molecule has 2 N–H and O–H groups in total. The lowest BCUT2D eigenvalue weighted by Gasteiger charge is -2.39. The Morgan fingerprint density at radius 1 is 1.11 bits per heavy atom. The van der Waals surface area contributed by atoms with Crippen molar-refractivity contribution >= 4 is 0 Å². The fraction of sp³-hybridized carbons (Fsp3) is 0.667. The number of likely N-dealkylation sites (tertiary alicyclic amines) is 1. The van der Waals surface area contributed by atoms with Crippen molar-refractivity contribution in [2.24, 2.45) is 0 Å². The summed E-state index contributed by atoms with van der Waals surface area (Å²) in [5.41, 5.74) is -1.65. The standard InChI is InChI=1S/C18H22F6N2O/c1-9-6-7-10(2)26(9)16(27)12-8-14(18(22,23)24)25-15-11(12)4-3-5-13(15)17(19,20)21/h4,8-10,14,16,25,27H,3,5-7H2,1-2H3. The van der Waals surface area contributed by atoms with Gasteiger partial charge in [-0.15, -0.1) is 0 Å². The highest BCUT2D eigenvalue weighted by atomic mass is 19.4. The molecule has 0 aromatic rings. The van der Waals surface area contributed by atoms with Gasteiger partial charge in [-0.1, -0.05) is 6.08 Å². The van der Waals surface area contributed by atoms with Gasteiger partial charge < -0.3 is 10.4 Å². The molecule has 1 saturated heterocycles. The van der Waals surface area contributed by atoms with Crippen LogP contribution in [0.5, 0.6) is 0 Å². The molecule has 1 fully saturated rings. The molecule has 1 aliphatic carbocycles. The average Bonchev–Trinajstić information content (AvgIpc) is 2.89. The van der Waals surface area contributed by atoms with Gasteiger partial charge in [0.2, 0.25) is 0 Å². The van der Waals surface area contributed by atoms with Crippen LogP contribution in [0.15, 0.2) is 34.6 Å². The van der Waals surface area contributed by atoms with Crippen LogP contribution in [-0.2, 0) is 0 Å². The Bertz CT molecular complexity index is 681. The highest BCUT2D eigenvalue weighted by Crippen LogP contribution is 2.43. The maximum Gasteiger partial charge on any atom is 0.414 e. The number of allylic oxidation sites excluding steroid dienone is 3. The number of fused-ring (bicyclic) bond motifs is 1. The minimum atomic E-state index is -4.78. The van der Waals surface area contributed by atoms with E-state index in [4.69, 9.17) is 0 Å². The first kappa shape index (κ1) is 20.3. The molecule has 0 saturated carbocycles. The maximum atomic E-state index is 13.4. The van der Waals surface area contributed by atoms with E-state index >= 15 is 0 Å². The van der Waals surface area contributed by atoms with Gasteiger partial charge in [-0.05, 0) is 45.6 Å². The van der Waals surface area contributed by atoms with E-state index in [9.17, 15) is 31.4 Å². The molecule has 0 aromatic carbocycles. The van der Waals surface area contributed by atoms with Crippen LogP contribution in [0.1, 0.15) is 39.5 Å². The van der Waals surface area contributed by atoms with Gasteiger partial charge in [0, 0.05) is 23.2 Å². The molecule has 2 heterocycles. The lowest BCUT2D eigenvalue weighted by molar-refractivity contribution is -0.144. The van der Waals surface area contributed by atoms with Crippen molar-refractivity contribution in [1.29, 1.82) is 0 Å². The molecule has 0 amide bonds. The minimum absolute atomic E-state index is 0.0212. The van der Waals surface area contributed by atoms with E-state index in [-0.39, 0.29) is 36.1 Å². The summed E-state index contributed by atoms with van der Waals surface area (Å²) in [6.45, 7) is 3.70. The molecule has 3 aliphatic rings. The van der Waals surface area contributed by atoms with Crippen LogP contribution in [-0.4, -0.2) is 46.7 Å². The van der Waals surface area contributed by atoms with Gasteiger partial charge in [-0.3, -0.25) is 4.90 Å². The van der Waals surface area contributed by atoms with E-state index < -0.39 is 35.9 Å². The molecule has 3 nitrogen and oxygen atoms in total. The summed E-state index contributed by atoms with van der Waals surface area (Å²) in [6, 6.07) is -2.43. The fourth-order valence-electron chi connectivity index (χ4n) is 4.19. The summed E-state index contributed by atoms with van der Waals surface area (Å²) in [7, 11) is 0. The van der Waals surface area contributed by atoms with Crippen molar-refractivity contribution in [3.63, 3.8) is 0 Å². The number of aliphatic hydroxyl groups is 1. The first-order chi connectivity index (χ1) is 12.4. The van der Waals surface area contributed by atoms with Crippen LogP contribution in [0, 0.1) is 0 Å². The number of halogens is 6. The van der Waals surface area contributed by atoms with Gasteiger partial charge in [-0.25, -0.2) is 0 Å². The summed E-state index contributed by atoms with van der Waals surface area (Å²) in [5.74, 6) is 0. The van der Waals surface area contributed by atoms with Crippen molar-refractivity contribution in [1.82, 2.24) is 10.2 Å². The lowest BCUT2D eigenvalue weighted by Crippen LogP contribution is -2.49. The third-order valence-corrected chi connectivity index (χ3v) is 5.55. The number of aliphatic hydroxyl groups excluding tert-OH is 1. The van der Waals surface area contributed by atoms with Crippen molar-refractivity contribution < 1.29 is 31.4 Å². The molecule has 4 atom stereocenters. The normalized spacial score (nSPS) is 31.2. The summed E-state index contributed by atoms with van der Waals surface area (Å²) < 4.78 is 80.3. The molecule has 9 heteroatoms. The molecule has 0 spiro atoms. The number of nitrogens with one attached hydrogen (secondary N) is 1. The third-order valence-electron chi connectivity index (χ3n) is 5.55. The van der Waals surface area contributed by atoms with Crippen molar-refractivity contribution in [3.8, 4) is 0 Å². The third kappa shape index (κ3) is 3.76. The minimum Gasteiger partial charge on any atom is -0.374 e. The first-order valence-corrected chi connectivity index (χ1v) is 8.93. The second-order valence-corrected chi connectivity index (χ2v) is 7.39. The molecular formula is C18H22F6N2O. The second-order valence-electron chi connectivity index (χ2n) is 7.39. The SMILES string of the molecule is CC1CCC(C)N1C(O)C1=CC(C(F)(F)F)NC2=C(C(F)(F)F)CCC=C12. The summed E-state index contributed by atoms with van der Waals surface area (Å²) in [6.07, 6.45) is -7.41. The van der Waals surface area contributed by atoms with Gasteiger partial charge in [0.1, 0.15) is 12.3 Å². The average molecular weight is 396 g/mol. The van der Waals surface area contributed by atoms with Crippen LogP contribution < -0.4 is 5.32 Å². The molecule has 4 unspecified atom stereocenters. The fourth-order valence-corrected chi connectivity index (χ4v) is 4.19. The highest BCUT2D eigenvalue weighted by molar-refractivity contribution is 5.55. The highest BCUT2D eigenvalue weighted by Gasteiger charge is 2.47. The van der Waals surface area contributed by atoms with Crippen molar-refractivity contribution in [2.75, 3.05) is 0 Å². The van der Waals surface area contributed by atoms with Crippen LogP contribution in [0.3, 0.4) is 0 Å². The molecule has 0 aromatic heterocycles. The summed E-state index contributed by atoms with van der Waals surface area (Å²) in [5, 5.41) is 12.9. The molecule has 0 bridgehead atoms. The van der Waals surface area contributed by atoms with Crippen molar-refractivity contribution in [2.45, 2.75) is 76.2 Å². The van der Waals surface area contributed by atoms with Crippen LogP contribution in [0.25, 0.3) is 0 Å².